The van der Waals surface area contributed by atoms with E-state index in [2.05, 4.69) is 11.1 Å². The van der Waals surface area contributed by atoms with Crippen LogP contribution in [0.15, 0.2) is 36.8 Å². The van der Waals surface area contributed by atoms with Gasteiger partial charge in [-0.15, -0.1) is 11.6 Å². The predicted octanol–water partition coefficient (Wildman–Crippen LogP) is 2.54. The van der Waals surface area contributed by atoms with Gasteiger partial charge in [-0.05, 0) is 17.7 Å². The maximum atomic E-state index is 8.78. The second kappa shape index (κ2) is 4.82. The third-order valence-corrected chi connectivity index (χ3v) is 2.52. The lowest BCUT2D eigenvalue weighted by molar-refractivity contribution is 0.796. The first-order chi connectivity index (χ1) is 7.81. The number of halogens is 1. The van der Waals surface area contributed by atoms with Gasteiger partial charge >= 0.3 is 0 Å². The van der Waals surface area contributed by atoms with Crippen molar-refractivity contribution in [3.63, 3.8) is 0 Å². The maximum absolute atomic E-state index is 8.78. The van der Waals surface area contributed by atoms with Crippen LogP contribution in [0.3, 0.4) is 0 Å². The molecule has 0 atom stereocenters. The van der Waals surface area contributed by atoms with E-state index in [1.807, 2.05) is 29.0 Å². The van der Waals surface area contributed by atoms with E-state index in [0.29, 0.717) is 18.0 Å². The van der Waals surface area contributed by atoms with Crippen molar-refractivity contribution >= 4 is 11.6 Å². The molecule has 80 valence electrons. The molecule has 0 aliphatic heterocycles. The first-order valence-corrected chi connectivity index (χ1v) is 5.41. The van der Waals surface area contributed by atoms with Crippen molar-refractivity contribution in [1.82, 2.24) is 9.55 Å². The number of hydrogen-bond acceptors (Lipinski definition) is 2. The molecule has 3 nitrogen and oxygen atoms in total. The van der Waals surface area contributed by atoms with Gasteiger partial charge in [-0.2, -0.15) is 5.26 Å². The quantitative estimate of drug-likeness (QED) is 0.762. The van der Waals surface area contributed by atoms with Crippen LogP contribution in [0.25, 0.3) is 0 Å². The van der Waals surface area contributed by atoms with Gasteiger partial charge in [0.05, 0.1) is 29.5 Å². The molecule has 1 aromatic heterocycles. The number of alkyl halides is 1. The number of hydrogen-bond donors (Lipinski definition) is 0. The number of benzene rings is 1. The average molecular weight is 232 g/mol. The Bertz CT molecular complexity index is 525. The molecule has 0 fully saturated rings. The molecule has 0 N–H and O–H groups in total. The summed E-state index contributed by atoms with van der Waals surface area (Å²) in [6.45, 7) is 0.708. The molecular formula is C12H10ClN3. The predicted molar refractivity (Wildman–Crippen MR) is 62.0 cm³/mol. The topological polar surface area (TPSA) is 41.6 Å². The standard InChI is InChI=1S/C12H10ClN3/c13-5-12-8-16(9-15-12)7-11-3-1-2-10(4-11)6-14/h1-4,8-9H,5,7H2. The van der Waals surface area contributed by atoms with Crippen LogP contribution in [0.1, 0.15) is 16.8 Å². The first-order valence-electron chi connectivity index (χ1n) is 4.87. The van der Waals surface area contributed by atoms with Gasteiger partial charge in [0.1, 0.15) is 0 Å². The molecular weight excluding hydrogens is 222 g/mol. The number of imidazole rings is 1. The molecule has 0 amide bonds. The van der Waals surface area contributed by atoms with E-state index in [1.54, 1.807) is 12.4 Å². The number of rotatable bonds is 3. The third-order valence-electron chi connectivity index (χ3n) is 2.24. The molecule has 0 unspecified atom stereocenters. The van der Waals surface area contributed by atoms with E-state index in [-0.39, 0.29) is 0 Å². The van der Waals surface area contributed by atoms with E-state index in [9.17, 15) is 0 Å². The smallest absolute Gasteiger partial charge is 0.0991 e. The minimum absolute atomic E-state index is 0.422. The van der Waals surface area contributed by atoms with Crippen molar-refractivity contribution in [2.24, 2.45) is 0 Å². The van der Waals surface area contributed by atoms with E-state index in [4.69, 9.17) is 16.9 Å². The zero-order valence-corrected chi connectivity index (χ0v) is 9.35. The van der Waals surface area contributed by atoms with Gasteiger partial charge in [0.25, 0.3) is 0 Å². The van der Waals surface area contributed by atoms with Crippen LogP contribution in [0.2, 0.25) is 0 Å². The fourth-order valence-electron chi connectivity index (χ4n) is 1.51. The Morgan fingerprint density at radius 2 is 2.31 bits per heavy atom. The van der Waals surface area contributed by atoms with Crippen molar-refractivity contribution in [2.45, 2.75) is 12.4 Å². The summed E-state index contributed by atoms with van der Waals surface area (Å²) in [5, 5.41) is 8.78. The van der Waals surface area contributed by atoms with Crippen molar-refractivity contribution in [3.8, 4) is 6.07 Å². The second-order valence-electron chi connectivity index (χ2n) is 3.48. The lowest BCUT2D eigenvalue weighted by Crippen LogP contribution is -1.96. The first kappa shape index (κ1) is 10.7. The summed E-state index contributed by atoms with van der Waals surface area (Å²) < 4.78 is 1.95. The van der Waals surface area contributed by atoms with Gasteiger partial charge in [0.15, 0.2) is 0 Å². The number of nitriles is 1. The number of aromatic nitrogens is 2. The highest BCUT2D eigenvalue weighted by Gasteiger charge is 1.99. The summed E-state index contributed by atoms with van der Waals surface area (Å²) in [7, 11) is 0. The lowest BCUT2D eigenvalue weighted by Gasteiger charge is -2.02. The molecule has 2 aromatic rings. The number of nitrogens with zero attached hydrogens (tertiary/aromatic N) is 3. The van der Waals surface area contributed by atoms with Gasteiger partial charge in [-0.25, -0.2) is 4.98 Å². The van der Waals surface area contributed by atoms with E-state index in [0.717, 1.165) is 11.3 Å². The molecule has 0 aliphatic rings. The van der Waals surface area contributed by atoms with E-state index in [1.165, 1.54) is 0 Å². The molecule has 4 heteroatoms. The molecule has 0 spiro atoms. The highest BCUT2D eigenvalue weighted by Crippen LogP contribution is 2.08. The SMILES string of the molecule is N#Cc1cccc(Cn2cnc(CCl)c2)c1. The zero-order valence-electron chi connectivity index (χ0n) is 8.60. The molecule has 0 saturated heterocycles. The molecule has 0 aliphatic carbocycles. The fraction of sp³-hybridized carbons (Fsp3) is 0.167. The van der Waals surface area contributed by atoms with Crippen LogP contribution < -0.4 is 0 Å². The Morgan fingerprint density at radius 1 is 1.44 bits per heavy atom. The van der Waals surface area contributed by atoms with Crippen LogP contribution in [0, 0.1) is 11.3 Å². The average Bonchev–Trinajstić information content (AvgIpc) is 2.77. The molecule has 1 heterocycles. The summed E-state index contributed by atoms with van der Waals surface area (Å²) in [5.41, 5.74) is 2.62. The Morgan fingerprint density at radius 3 is 3.00 bits per heavy atom. The lowest BCUT2D eigenvalue weighted by atomic mass is 10.1. The largest absolute Gasteiger partial charge is 0.333 e. The van der Waals surface area contributed by atoms with Gasteiger partial charge in [-0.1, -0.05) is 12.1 Å². The van der Waals surface area contributed by atoms with Crippen LogP contribution in [-0.4, -0.2) is 9.55 Å². The zero-order chi connectivity index (χ0) is 11.4. The summed E-state index contributed by atoms with van der Waals surface area (Å²) in [4.78, 5) is 4.14. The molecule has 1 aromatic carbocycles. The van der Waals surface area contributed by atoms with Crippen LogP contribution in [0.4, 0.5) is 0 Å². The van der Waals surface area contributed by atoms with Gasteiger partial charge < -0.3 is 4.57 Å². The molecule has 0 bridgehead atoms. The van der Waals surface area contributed by atoms with Gasteiger partial charge in [-0.3, -0.25) is 0 Å². The summed E-state index contributed by atoms with van der Waals surface area (Å²) in [6.07, 6.45) is 3.66. The molecule has 0 radical (unpaired) electrons. The van der Waals surface area contributed by atoms with Crippen LogP contribution >= 0.6 is 11.6 Å². The summed E-state index contributed by atoms with van der Waals surface area (Å²) in [5.74, 6) is 0.422. The molecule has 0 saturated carbocycles. The minimum Gasteiger partial charge on any atom is -0.333 e. The van der Waals surface area contributed by atoms with Crippen molar-refractivity contribution in [2.75, 3.05) is 0 Å². The van der Waals surface area contributed by atoms with Crippen LogP contribution in [0.5, 0.6) is 0 Å². The van der Waals surface area contributed by atoms with Gasteiger partial charge in [0.2, 0.25) is 0 Å². The molecule has 2 rings (SSSR count). The highest BCUT2D eigenvalue weighted by atomic mass is 35.5. The van der Waals surface area contributed by atoms with Crippen molar-refractivity contribution in [3.05, 3.63) is 53.6 Å². The maximum Gasteiger partial charge on any atom is 0.0991 e. The Kier molecular flexibility index (Phi) is 3.23. The van der Waals surface area contributed by atoms with Crippen LogP contribution in [-0.2, 0) is 12.4 Å². The molecule has 16 heavy (non-hydrogen) atoms. The summed E-state index contributed by atoms with van der Waals surface area (Å²) in [6, 6.07) is 9.66. The normalized spacial score (nSPS) is 10.0. The van der Waals surface area contributed by atoms with E-state index < -0.39 is 0 Å². The highest BCUT2D eigenvalue weighted by molar-refractivity contribution is 6.16. The van der Waals surface area contributed by atoms with Crippen molar-refractivity contribution in [1.29, 1.82) is 5.26 Å². The Hall–Kier alpha value is -1.79. The van der Waals surface area contributed by atoms with Gasteiger partial charge in [0, 0.05) is 12.7 Å². The van der Waals surface area contributed by atoms with Crippen molar-refractivity contribution < 1.29 is 0 Å². The second-order valence-corrected chi connectivity index (χ2v) is 3.75. The Balaban J connectivity index is 2.17. The summed E-state index contributed by atoms with van der Waals surface area (Å²) >= 11 is 5.67. The Labute approximate surface area is 98.9 Å². The fourth-order valence-corrected chi connectivity index (χ4v) is 1.65. The third kappa shape index (κ3) is 2.41. The monoisotopic (exact) mass is 231 g/mol. The van der Waals surface area contributed by atoms with E-state index >= 15 is 0 Å². The minimum atomic E-state index is 0.422.